The van der Waals surface area contributed by atoms with Crippen molar-refractivity contribution in [2.24, 2.45) is 5.92 Å². The number of halogens is 2. The number of unbranched alkanes of at least 4 members (excludes halogenated alkanes) is 1. The van der Waals surface area contributed by atoms with E-state index in [0.29, 0.717) is 52.9 Å². The molecule has 1 amide bonds. The van der Waals surface area contributed by atoms with Gasteiger partial charge in [-0.05, 0) is 67.9 Å². The smallest absolute Gasteiger partial charge is 0.255 e. The van der Waals surface area contributed by atoms with Crippen LogP contribution in [0.5, 0.6) is 11.5 Å². The Labute approximate surface area is 191 Å². The normalized spacial score (nSPS) is 21.9. The molecular weight excluding hydrogens is 474 g/mol. The van der Waals surface area contributed by atoms with Gasteiger partial charge in [0.05, 0.1) is 34.4 Å². The van der Waals surface area contributed by atoms with Crippen molar-refractivity contribution in [1.29, 1.82) is 0 Å². The number of nitrogens with one attached hydrogen (secondary N) is 2. The molecule has 0 bridgehead atoms. The number of nitrogens with zero attached hydrogens (tertiary/aromatic N) is 1. The molecule has 2 aliphatic rings. The molecule has 0 aromatic heterocycles. The Balaban J connectivity index is 1.56. The van der Waals surface area contributed by atoms with Crippen molar-refractivity contribution in [3.63, 3.8) is 0 Å². The minimum atomic E-state index is -0.450. The summed E-state index contributed by atoms with van der Waals surface area (Å²) in [6.45, 7) is 5.00. The summed E-state index contributed by atoms with van der Waals surface area (Å²) in [5, 5.41) is 17.1. The van der Waals surface area contributed by atoms with Gasteiger partial charge in [-0.25, -0.2) is 0 Å². The van der Waals surface area contributed by atoms with Crippen molar-refractivity contribution >= 4 is 33.4 Å². The molecule has 3 N–H and O–H groups in total. The lowest BCUT2D eigenvalue weighted by Gasteiger charge is -2.36. The quantitative estimate of drug-likeness (QED) is 0.472. The van der Waals surface area contributed by atoms with Crippen molar-refractivity contribution in [2.45, 2.75) is 31.8 Å². The van der Waals surface area contributed by atoms with Crippen molar-refractivity contribution in [3.05, 3.63) is 21.1 Å². The van der Waals surface area contributed by atoms with E-state index in [4.69, 9.17) is 21.1 Å². The Bertz CT molecular complexity index is 737. The SMILES string of the molecule is CNCCCCN1CC[C@@H](CNC(=O)c2cc(Cl)c(Br)c3c2OCCCO3)C(O)C1. The number of amides is 1. The Kier molecular flexibility index (Phi) is 9.07. The second kappa shape index (κ2) is 11.5. The first-order valence-electron chi connectivity index (χ1n) is 10.6. The first-order valence-corrected chi connectivity index (χ1v) is 11.8. The molecule has 1 aromatic carbocycles. The highest BCUT2D eigenvalue weighted by molar-refractivity contribution is 9.10. The van der Waals surface area contributed by atoms with E-state index in [1.54, 1.807) is 6.07 Å². The molecule has 2 aliphatic heterocycles. The average Bonchev–Trinajstić information content (AvgIpc) is 2.99. The summed E-state index contributed by atoms with van der Waals surface area (Å²) in [5.74, 6) is 0.645. The van der Waals surface area contributed by atoms with Crippen molar-refractivity contribution < 1.29 is 19.4 Å². The van der Waals surface area contributed by atoms with Gasteiger partial charge in [-0.15, -0.1) is 0 Å². The molecule has 1 fully saturated rings. The zero-order chi connectivity index (χ0) is 21.5. The van der Waals surface area contributed by atoms with Crippen LogP contribution in [-0.4, -0.2) is 75.0 Å². The number of likely N-dealkylation sites (tertiary alicyclic amines) is 1. The van der Waals surface area contributed by atoms with Crippen LogP contribution < -0.4 is 20.1 Å². The van der Waals surface area contributed by atoms with E-state index < -0.39 is 6.10 Å². The molecule has 7 nitrogen and oxygen atoms in total. The lowest BCUT2D eigenvalue weighted by molar-refractivity contribution is 0.0216. The summed E-state index contributed by atoms with van der Waals surface area (Å²) in [7, 11) is 1.96. The van der Waals surface area contributed by atoms with Crippen LogP contribution in [-0.2, 0) is 0 Å². The van der Waals surface area contributed by atoms with Crippen LogP contribution in [0.25, 0.3) is 0 Å². The molecule has 3 rings (SSSR count). The Morgan fingerprint density at radius 1 is 1.33 bits per heavy atom. The summed E-state index contributed by atoms with van der Waals surface area (Å²) >= 11 is 9.70. The fraction of sp³-hybridized carbons (Fsp3) is 0.667. The second-order valence-corrected chi connectivity index (χ2v) is 9.07. The summed E-state index contributed by atoms with van der Waals surface area (Å²) in [5.41, 5.74) is 0.358. The van der Waals surface area contributed by atoms with Crippen LogP contribution >= 0.6 is 27.5 Å². The number of aliphatic hydroxyl groups excluding tert-OH is 1. The summed E-state index contributed by atoms with van der Waals surface area (Å²) in [4.78, 5) is 15.2. The van der Waals surface area contributed by atoms with E-state index >= 15 is 0 Å². The molecular formula is C21H31BrClN3O4. The van der Waals surface area contributed by atoms with E-state index in [0.717, 1.165) is 45.3 Å². The monoisotopic (exact) mass is 503 g/mol. The molecule has 2 heterocycles. The summed E-state index contributed by atoms with van der Waals surface area (Å²) < 4.78 is 12.1. The minimum absolute atomic E-state index is 0.0317. The molecule has 2 atom stereocenters. The van der Waals surface area contributed by atoms with E-state index in [1.807, 2.05) is 7.05 Å². The van der Waals surface area contributed by atoms with Crippen LogP contribution in [0.1, 0.15) is 36.0 Å². The molecule has 30 heavy (non-hydrogen) atoms. The summed E-state index contributed by atoms with van der Waals surface area (Å²) in [6, 6.07) is 1.60. The number of hydrogen-bond donors (Lipinski definition) is 3. The maximum Gasteiger partial charge on any atom is 0.255 e. The number of hydrogen-bond acceptors (Lipinski definition) is 6. The fourth-order valence-electron chi connectivity index (χ4n) is 3.88. The van der Waals surface area contributed by atoms with Gasteiger partial charge < -0.3 is 30.1 Å². The van der Waals surface area contributed by atoms with Crippen LogP contribution in [0.2, 0.25) is 5.02 Å². The van der Waals surface area contributed by atoms with E-state index in [9.17, 15) is 9.90 Å². The largest absolute Gasteiger partial charge is 0.489 e. The van der Waals surface area contributed by atoms with E-state index in [-0.39, 0.29) is 11.8 Å². The number of carbonyl (C=O) groups excluding carboxylic acids is 1. The lowest BCUT2D eigenvalue weighted by atomic mass is 9.93. The maximum atomic E-state index is 12.9. The first-order chi connectivity index (χ1) is 14.5. The van der Waals surface area contributed by atoms with Crippen LogP contribution in [0, 0.1) is 5.92 Å². The van der Waals surface area contributed by atoms with Gasteiger partial charge in [-0.1, -0.05) is 11.6 Å². The van der Waals surface area contributed by atoms with Gasteiger partial charge in [0.1, 0.15) is 0 Å². The Hall–Kier alpha value is -1.06. The minimum Gasteiger partial charge on any atom is -0.489 e. The van der Waals surface area contributed by atoms with Crippen molar-refractivity contribution in [3.8, 4) is 11.5 Å². The van der Waals surface area contributed by atoms with Crippen LogP contribution in [0.4, 0.5) is 0 Å². The van der Waals surface area contributed by atoms with E-state index in [1.165, 1.54) is 0 Å². The Morgan fingerprint density at radius 3 is 2.83 bits per heavy atom. The first kappa shape index (κ1) is 23.6. The average molecular weight is 505 g/mol. The Morgan fingerprint density at radius 2 is 2.10 bits per heavy atom. The van der Waals surface area contributed by atoms with Gasteiger partial charge in [-0.3, -0.25) is 4.79 Å². The fourth-order valence-corrected chi connectivity index (χ4v) is 4.48. The number of aliphatic hydroxyl groups is 1. The molecule has 0 saturated carbocycles. The van der Waals surface area contributed by atoms with Crippen molar-refractivity contribution in [2.75, 3.05) is 53.0 Å². The third-order valence-electron chi connectivity index (χ3n) is 5.64. The molecule has 0 radical (unpaired) electrons. The predicted octanol–water partition coefficient (Wildman–Crippen LogP) is 2.68. The zero-order valence-corrected chi connectivity index (χ0v) is 19.7. The topological polar surface area (TPSA) is 83.1 Å². The predicted molar refractivity (Wildman–Crippen MR) is 121 cm³/mol. The molecule has 0 spiro atoms. The number of benzene rings is 1. The van der Waals surface area contributed by atoms with Crippen LogP contribution in [0.15, 0.2) is 10.5 Å². The van der Waals surface area contributed by atoms with Gasteiger partial charge >= 0.3 is 0 Å². The number of fused-ring (bicyclic) bond motifs is 1. The molecule has 1 aromatic rings. The molecule has 168 valence electrons. The van der Waals surface area contributed by atoms with Gasteiger partial charge in [0.15, 0.2) is 11.5 Å². The van der Waals surface area contributed by atoms with Gasteiger partial charge in [-0.2, -0.15) is 0 Å². The zero-order valence-electron chi connectivity index (χ0n) is 17.4. The highest BCUT2D eigenvalue weighted by Gasteiger charge is 2.29. The highest BCUT2D eigenvalue weighted by atomic mass is 79.9. The summed E-state index contributed by atoms with van der Waals surface area (Å²) in [6.07, 6.45) is 3.39. The number of carbonyl (C=O) groups is 1. The van der Waals surface area contributed by atoms with Gasteiger partial charge in [0, 0.05) is 25.4 Å². The van der Waals surface area contributed by atoms with E-state index in [2.05, 4.69) is 31.5 Å². The highest BCUT2D eigenvalue weighted by Crippen LogP contribution is 2.44. The number of β-amino-alcohol motifs (C(OH)–C–C–N with tert-alkyl or cyclic N) is 1. The molecule has 9 heteroatoms. The maximum absolute atomic E-state index is 12.9. The second-order valence-electron chi connectivity index (χ2n) is 7.87. The standard InChI is InChI=1S/C21H31BrClN3O4/c1-24-6-2-3-7-26-8-5-14(17(27)13-26)12-25-21(28)15-11-16(23)18(22)20-19(15)29-9-4-10-30-20/h11,14,17,24,27H,2-10,12-13H2,1H3,(H,25,28)/t14-,17?/m0/s1. The molecule has 1 unspecified atom stereocenters. The van der Waals surface area contributed by atoms with Crippen molar-refractivity contribution in [1.82, 2.24) is 15.5 Å². The lowest BCUT2D eigenvalue weighted by Crippen LogP contribution is -2.47. The number of ether oxygens (including phenoxy) is 2. The third-order valence-corrected chi connectivity index (χ3v) is 6.95. The van der Waals surface area contributed by atoms with Crippen LogP contribution in [0.3, 0.4) is 0 Å². The third kappa shape index (κ3) is 6.01. The molecule has 0 aliphatic carbocycles. The van der Waals surface area contributed by atoms with Gasteiger partial charge in [0.25, 0.3) is 5.91 Å². The number of piperidine rings is 1. The number of rotatable bonds is 8. The van der Waals surface area contributed by atoms with Gasteiger partial charge in [0.2, 0.25) is 0 Å². The molecule has 1 saturated heterocycles.